The van der Waals surface area contributed by atoms with Crippen molar-refractivity contribution < 1.29 is 4.79 Å². The standard InChI is InChI=1S/C20H27N5O/c26-20(25-13-6-18(7-14-25)23-9-1-2-10-23)22-16-17-5-8-21-19(15-17)24-11-3-4-12-24/h1-2,5,8-10,15,18H,3-4,6-7,11-14,16H2,(H,22,26). The van der Waals surface area contributed by atoms with E-state index in [0.29, 0.717) is 12.6 Å². The third kappa shape index (κ3) is 3.84. The summed E-state index contributed by atoms with van der Waals surface area (Å²) in [6.07, 6.45) is 10.6. The average Bonchev–Trinajstić information content (AvgIpc) is 3.40. The van der Waals surface area contributed by atoms with E-state index in [4.69, 9.17) is 0 Å². The van der Waals surface area contributed by atoms with Gasteiger partial charge in [-0.05, 0) is 55.5 Å². The molecule has 0 unspecified atom stereocenters. The molecule has 0 atom stereocenters. The Hall–Kier alpha value is -2.50. The van der Waals surface area contributed by atoms with Gasteiger partial charge in [0.25, 0.3) is 0 Å². The molecule has 26 heavy (non-hydrogen) atoms. The number of pyridine rings is 1. The molecule has 4 rings (SSSR count). The molecule has 0 aromatic carbocycles. The zero-order chi connectivity index (χ0) is 17.8. The lowest BCUT2D eigenvalue weighted by molar-refractivity contribution is 0.171. The fraction of sp³-hybridized carbons (Fsp3) is 0.500. The number of piperidine rings is 1. The number of carbonyl (C=O) groups is 1. The maximum absolute atomic E-state index is 12.5. The monoisotopic (exact) mass is 353 g/mol. The van der Waals surface area contributed by atoms with E-state index < -0.39 is 0 Å². The largest absolute Gasteiger partial charge is 0.357 e. The van der Waals surface area contributed by atoms with E-state index in [9.17, 15) is 4.79 Å². The molecule has 2 aliphatic rings. The normalized spacial score (nSPS) is 18.3. The number of aromatic nitrogens is 2. The Kier molecular flexibility index (Phi) is 5.09. The van der Waals surface area contributed by atoms with E-state index in [-0.39, 0.29) is 6.03 Å². The summed E-state index contributed by atoms with van der Waals surface area (Å²) in [5.41, 5.74) is 1.11. The minimum absolute atomic E-state index is 0.0375. The number of amides is 2. The number of nitrogens with one attached hydrogen (secondary N) is 1. The Morgan fingerprint density at radius 1 is 1.12 bits per heavy atom. The van der Waals surface area contributed by atoms with Gasteiger partial charge in [-0.1, -0.05) is 0 Å². The van der Waals surface area contributed by atoms with E-state index in [1.54, 1.807) is 0 Å². The number of urea groups is 1. The number of hydrogen-bond donors (Lipinski definition) is 1. The number of likely N-dealkylation sites (tertiary alicyclic amines) is 1. The van der Waals surface area contributed by atoms with Crippen molar-refractivity contribution in [3.05, 3.63) is 48.4 Å². The van der Waals surface area contributed by atoms with Crippen LogP contribution in [0.15, 0.2) is 42.9 Å². The molecule has 6 nitrogen and oxygen atoms in total. The first kappa shape index (κ1) is 16.9. The van der Waals surface area contributed by atoms with Gasteiger partial charge in [0.2, 0.25) is 0 Å². The number of anilines is 1. The smallest absolute Gasteiger partial charge is 0.317 e. The van der Waals surface area contributed by atoms with Gasteiger partial charge in [0, 0.05) is 57.4 Å². The Labute approximate surface area is 154 Å². The molecular weight excluding hydrogens is 326 g/mol. The number of nitrogens with zero attached hydrogens (tertiary/aromatic N) is 4. The Balaban J connectivity index is 1.27. The third-order valence-electron chi connectivity index (χ3n) is 5.48. The van der Waals surface area contributed by atoms with Crippen LogP contribution in [0.3, 0.4) is 0 Å². The fourth-order valence-corrected chi connectivity index (χ4v) is 3.94. The van der Waals surface area contributed by atoms with Gasteiger partial charge >= 0.3 is 6.03 Å². The van der Waals surface area contributed by atoms with Crippen molar-refractivity contribution in [2.45, 2.75) is 38.3 Å². The zero-order valence-corrected chi connectivity index (χ0v) is 15.2. The van der Waals surface area contributed by atoms with Crippen molar-refractivity contribution in [2.24, 2.45) is 0 Å². The van der Waals surface area contributed by atoms with E-state index in [0.717, 1.165) is 50.4 Å². The van der Waals surface area contributed by atoms with Crippen LogP contribution in [0, 0.1) is 0 Å². The molecule has 1 N–H and O–H groups in total. The van der Waals surface area contributed by atoms with Gasteiger partial charge in [0.15, 0.2) is 0 Å². The maximum Gasteiger partial charge on any atom is 0.317 e. The zero-order valence-electron chi connectivity index (χ0n) is 15.2. The van der Waals surface area contributed by atoms with Crippen molar-refractivity contribution in [1.82, 2.24) is 19.8 Å². The predicted octanol–water partition coefficient (Wildman–Crippen LogP) is 3.03. The summed E-state index contributed by atoms with van der Waals surface area (Å²) in [6, 6.07) is 8.75. The molecule has 4 heterocycles. The van der Waals surface area contributed by atoms with Crippen molar-refractivity contribution in [3.8, 4) is 0 Å². The van der Waals surface area contributed by atoms with Crippen LogP contribution < -0.4 is 10.2 Å². The number of hydrogen-bond acceptors (Lipinski definition) is 3. The second-order valence-corrected chi connectivity index (χ2v) is 7.22. The molecule has 2 aliphatic heterocycles. The summed E-state index contributed by atoms with van der Waals surface area (Å²) >= 11 is 0. The van der Waals surface area contributed by atoms with E-state index in [1.807, 2.05) is 17.2 Å². The molecule has 2 amide bonds. The Bertz CT molecular complexity index is 716. The fourth-order valence-electron chi connectivity index (χ4n) is 3.94. The summed E-state index contributed by atoms with van der Waals surface area (Å²) in [7, 11) is 0. The highest BCUT2D eigenvalue weighted by atomic mass is 16.2. The van der Waals surface area contributed by atoms with Crippen LogP contribution in [-0.4, -0.2) is 46.7 Å². The summed E-state index contributed by atoms with van der Waals surface area (Å²) in [5.74, 6) is 1.03. The van der Waals surface area contributed by atoms with Gasteiger partial charge in [-0.25, -0.2) is 9.78 Å². The van der Waals surface area contributed by atoms with Gasteiger partial charge < -0.3 is 19.7 Å². The summed E-state index contributed by atoms with van der Waals surface area (Å²) in [4.78, 5) is 21.2. The maximum atomic E-state index is 12.5. The van der Waals surface area contributed by atoms with E-state index in [1.165, 1.54) is 12.8 Å². The minimum atomic E-state index is 0.0375. The van der Waals surface area contributed by atoms with Crippen molar-refractivity contribution in [2.75, 3.05) is 31.1 Å². The molecule has 2 saturated heterocycles. The van der Waals surface area contributed by atoms with Gasteiger partial charge in [0.1, 0.15) is 5.82 Å². The van der Waals surface area contributed by atoms with E-state index >= 15 is 0 Å². The number of carbonyl (C=O) groups excluding carboxylic acids is 1. The van der Waals surface area contributed by atoms with Crippen LogP contribution in [0.25, 0.3) is 0 Å². The lowest BCUT2D eigenvalue weighted by Crippen LogP contribution is -2.44. The second-order valence-electron chi connectivity index (χ2n) is 7.22. The van der Waals surface area contributed by atoms with Gasteiger partial charge in [0.05, 0.1) is 0 Å². The Morgan fingerprint density at radius 2 is 1.85 bits per heavy atom. The van der Waals surface area contributed by atoms with Crippen LogP contribution >= 0.6 is 0 Å². The molecule has 138 valence electrons. The molecular formula is C20H27N5O. The molecule has 2 aromatic heterocycles. The first-order chi connectivity index (χ1) is 12.8. The highest BCUT2D eigenvalue weighted by Crippen LogP contribution is 2.22. The SMILES string of the molecule is O=C(NCc1ccnc(N2CCCC2)c1)N1CCC(n2cccc2)CC1. The van der Waals surface area contributed by atoms with Gasteiger partial charge in [-0.15, -0.1) is 0 Å². The van der Waals surface area contributed by atoms with Crippen LogP contribution in [0.5, 0.6) is 0 Å². The molecule has 2 aromatic rings. The van der Waals surface area contributed by atoms with Crippen molar-refractivity contribution in [3.63, 3.8) is 0 Å². The Morgan fingerprint density at radius 3 is 2.58 bits per heavy atom. The van der Waals surface area contributed by atoms with Crippen molar-refractivity contribution >= 4 is 11.8 Å². The lowest BCUT2D eigenvalue weighted by Gasteiger charge is -2.32. The molecule has 0 radical (unpaired) electrons. The first-order valence-electron chi connectivity index (χ1n) is 9.65. The predicted molar refractivity (Wildman–Crippen MR) is 102 cm³/mol. The van der Waals surface area contributed by atoms with Gasteiger partial charge in [-0.2, -0.15) is 0 Å². The van der Waals surface area contributed by atoms with E-state index in [2.05, 4.69) is 50.4 Å². The summed E-state index contributed by atoms with van der Waals surface area (Å²) in [6.45, 7) is 4.34. The minimum Gasteiger partial charge on any atom is -0.357 e. The van der Waals surface area contributed by atoms with Crippen LogP contribution in [0.2, 0.25) is 0 Å². The molecule has 0 bridgehead atoms. The van der Waals surface area contributed by atoms with Crippen molar-refractivity contribution in [1.29, 1.82) is 0 Å². The highest BCUT2D eigenvalue weighted by Gasteiger charge is 2.23. The van der Waals surface area contributed by atoms with Crippen LogP contribution in [0.1, 0.15) is 37.3 Å². The highest BCUT2D eigenvalue weighted by molar-refractivity contribution is 5.74. The third-order valence-corrected chi connectivity index (χ3v) is 5.48. The molecule has 0 saturated carbocycles. The number of rotatable bonds is 4. The quantitative estimate of drug-likeness (QED) is 0.919. The molecule has 0 aliphatic carbocycles. The summed E-state index contributed by atoms with van der Waals surface area (Å²) in [5, 5.41) is 3.07. The molecule has 6 heteroatoms. The summed E-state index contributed by atoms with van der Waals surface area (Å²) < 4.78 is 2.26. The second kappa shape index (κ2) is 7.81. The molecule has 2 fully saturated rings. The average molecular weight is 353 g/mol. The topological polar surface area (TPSA) is 53.4 Å². The van der Waals surface area contributed by atoms with Crippen LogP contribution in [0.4, 0.5) is 10.6 Å². The first-order valence-corrected chi connectivity index (χ1v) is 9.65. The lowest BCUT2D eigenvalue weighted by atomic mass is 10.1. The van der Waals surface area contributed by atoms with Crippen LogP contribution in [-0.2, 0) is 6.54 Å². The van der Waals surface area contributed by atoms with Gasteiger partial charge in [-0.3, -0.25) is 0 Å². The molecule has 0 spiro atoms.